The first-order chi connectivity index (χ1) is 17.1. The second kappa shape index (κ2) is 11.0. The van der Waals surface area contributed by atoms with Crippen LogP contribution in [0, 0.1) is 13.8 Å². The summed E-state index contributed by atoms with van der Waals surface area (Å²) in [5.41, 5.74) is 4.23. The summed E-state index contributed by atoms with van der Waals surface area (Å²) >= 11 is 3.46. The molecule has 36 heavy (non-hydrogen) atoms. The second-order valence-electron chi connectivity index (χ2n) is 8.80. The van der Waals surface area contributed by atoms with Gasteiger partial charge in [0.05, 0.1) is 26.4 Å². The zero-order valence-corrected chi connectivity index (χ0v) is 24.0. The van der Waals surface area contributed by atoms with Gasteiger partial charge >= 0.3 is 5.95 Å². The van der Waals surface area contributed by atoms with E-state index in [-0.39, 0.29) is 17.6 Å². The smallest absolute Gasteiger partial charge is 0.305 e. The Morgan fingerprint density at radius 2 is 1.61 bits per heavy atom. The Morgan fingerprint density at radius 1 is 1.00 bits per heavy atom. The van der Waals surface area contributed by atoms with Gasteiger partial charge < -0.3 is 28.3 Å². The van der Waals surface area contributed by atoms with Crippen LogP contribution in [0.25, 0.3) is 0 Å². The average Bonchev–Trinajstić information content (AvgIpc) is 3.37. The van der Waals surface area contributed by atoms with Gasteiger partial charge in [-0.15, -0.1) is 0 Å². The van der Waals surface area contributed by atoms with Crippen molar-refractivity contribution in [1.82, 2.24) is 0 Å². The largest absolute Gasteiger partial charge is 0.494 e. The van der Waals surface area contributed by atoms with Gasteiger partial charge in [-0.1, -0.05) is 13.8 Å². The van der Waals surface area contributed by atoms with Gasteiger partial charge in [0, 0.05) is 13.1 Å². The Balaban J connectivity index is 0.00000176. The fourth-order valence-electron chi connectivity index (χ4n) is 4.12. The van der Waals surface area contributed by atoms with Crippen LogP contribution in [0.5, 0.6) is 23.2 Å². The molecule has 194 valence electrons. The third-order valence-corrected chi connectivity index (χ3v) is 6.52. The normalized spacial score (nSPS) is 13.4. The summed E-state index contributed by atoms with van der Waals surface area (Å²) in [4.78, 5) is 14.8. The lowest BCUT2D eigenvalue weighted by atomic mass is 9.94. The van der Waals surface area contributed by atoms with Crippen molar-refractivity contribution in [3.8, 4) is 23.2 Å². The number of fused-ring (bicyclic) bond motifs is 1. The number of hydrogen-bond donors (Lipinski definition) is 0. The Hall–Kier alpha value is -2.97. The van der Waals surface area contributed by atoms with Crippen LogP contribution in [0.15, 0.2) is 39.2 Å². The van der Waals surface area contributed by atoms with Crippen LogP contribution in [0.4, 0.5) is 5.69 Å². The van der Waals surface area contributed by atoms with Crippen molar-refractivity contribution in [2.75, 3.05) is 26.2 Å². The Labute approximate surface area is 221 Å². The maximum atomic E-state index is 13.3. The highest BCUT2D eigenvalue weighted by molar-refractivity contribution is 9.10. The van der Waals surface area contributed by atoms with Crippen LogP contribution in [0.1, 0.15) is 60.5 Å². The monoisotopic (exact) mass is 559 g/mol. The number of hydrogen-bond acceptors (Lipinski definition) is 6. The summed E-state index contributed by atoms with van der Waals surface area (Å²) < 4.78 is 29.4. The quantitative estimate of drug-likeness (QED) is 0.310. The summed E-state index contributed by atoms with van der Waals surface area (Å²) in [5.74, 6) is 1.61. The molecule has 0 unspecified atom stereocenters. The highest BCUT2D eigenvalue weighted by Gasteiger charge is 2.32. The van der Waals surface area contributed by atoms with Gasteiger partial charge in [-0.25, -0.2) is 0 Å². The van der Waals surface area contributed by atoms with Crippen molar-refractivity contribution in [2.24, 2.45) is 0 Å². The van der Waals surface area contributed by atoms with Crippen LogP contribution in [0.2, 0.25) is 0 Å². The van der Waals surface area contributed by atoms with Crippen molar-refractivity contribution in [1.29, 1.82) is 0 Å². The summed E-state index contributed by atoms with van der Waals surface area (Å²) in [6.45, 7) is 12.5. The molecule has 4 rings (SSSR count). The number of methoxy groups -OCH3 is 2. The molecule has 0 spiro atoms. The van der Waals surface area contributed by atoms with E-state index in [1.165, 1.54) is 4.90 Å². The minimum Gasteiger partial charge on any atom is -0.494 e. The molecule has 0 aliphatic carbocycles. The number of furan rings is 1. The minimum atomic E-state index is -0.391. The predicted molar refractivity (Wildman–Crippen MR) is 144 cm³/mol. The highest BCUT2D eigenvalue weighted by Crippen LogP contribution is 2.43. The van der Waals surface area contributed by atoms with E-state index in [0.717, 1.165) is 22.3 Å². The SMILES string of the molecule is CC.COc1cc(C)cc(OC)c1N(C)C(=O)c1cc(Br)c(Oc2cc3c(cc2C)COC3(C)C)o1. The molecule has 0 bridgehead atoms. The summed E-state index contributed by atoms with van der Waals surface area (Å²) in [7, 11) is 4.75. The zero-order chi connectivity index (χ0) is 26.8. The highest BCUT2D eigenvalue weighted by atomic mass is 79.9. The van der Waals surface area contributed by atoms with Gasteiger partial charge in [0.2, 0.25) is 0 Å². The zero-order valence-electron chi connectivity index (χ0n) is 22.4. The molecule has 1 amide bonds. The predicted octanol–water partition coefficient (Wildman–Crippen LogP) is 7.54. The third kappa shape index (κ3) is 5.25. The Bertz CT molecular complexity index is 1240. The third-order valence-electron chi connectivity index (χ3n) is 5.97. The number of benzene rings is 2. The number of carbonyl (C=O) groups is 1. The van der Waals surface area contributed by atoms with Crippen LogP contribution in [-0.4, -0.2) is 27.2 Å². The maximum Gasteiger partial charge on any atom is 0.305 e. The van der Waals surface area contributed by atoms with Gasteiger partial charge in [-0.05, 0) is 90.1 Å². The Morgan fingerprint density at radius 3 is 2.19 bits per heavy atom. The molecule has 0 N–H and O–H groups in total. The molecular formula is C28H34BrNO6. The van der Waals surface area contributed by atoms with Crippen molar-refractivity contribution in [3.05, 3.63) is 62.8 Å². The summed E-state index contributed by atoms with van der Waals surface area (Å²) in [5, 5.41) is 0. The van der Waals surface area contributed by atoms with E-state index in [4.69, 9.17) is 23.4 Å². The molecule has 0 saturated carbocycles. The lowest BCUT2D eigenvalue weighted by Gasteiger charge is -2.22. The molecule has 0 atom stereocenters. The van der Waals surface area contributed by atoms with E-state index in [1.54, 1.807) is 27.3 Å². The van der Waals surface area contributed by atoms with Gasteiger partial charge in [0.25, 0.3) is 5.91 Å². The van der Waals surface area contributed by atoms with Crippen molar-refractivity contribution in [3.63, 3.8) is 0 Å². The standard InChI is InChI=1S/C26H28BrNO6.C2H6/c1-14-8-20(30-6)23(21(9-14)31-7)28(5)24(29)22-12-18(27)25(34-22)33-19-11-17-16(10-15(19)2)13-32-26(17,3)4;1-2/h8-12H,13H2,1-7H3;1-2H3. The van der Waals surface area contributed by atoms with Gasteiger partial charge in [0.15, 0.2) is 5.76 Å². The number of rotatable bonds is 6. The number of nitrogens with zero attached hydrogens (tertiary/aromatic N) is 1. The molecule has 2 heterocycles. The first-order valence-electron chi connectivity index (χ1n) is 11.8. The molecule has 0 saturated heterocycles. The minimum absolute atomic E-state index is 0.108. The molecule has 1 aliphatic rings. The van der Waals surface area contributed by atoms with Gasteiger partial charge in [0.1, 0.15) is 27.4 Å². The molecule has 7 nitrogen and oxygen atoms in total. The van der Waals surface area contributed by atoms with Crippen LogP contribution < -0.4 is 19.1 Å². The summed E-state index contributed by atoms with van der Waals surface area (Å²) in [6.07, 6.45) is 0. The van der Waals surface area contributed by atoms with Crippen LogP contribution >= 0.6 is 15.9 Å². The van der Waals surface area contributed by atoms with E-state index in [1.807, 2.05) is 59.7 Å². The Kier molecular flexibility index (Phi) is 8.41. The molecule has 8 heteroatoms. The van der Waals surface area contributed by atoms with Crippen molar-refractivity contribution >= 4 is 27.5 Å². The maximum absolute atomic E-state index is 13.3. The van der Waals surface area contributed by atoms with E-state index in [0.29, 0.717) is 34.0 Å². The van der Waals surface area contributed by atoms with E-state index < -0.39 is 5.60 Å². The topological polar surface area (TPSA) is 70.4 Å². The van der Waals surface area contributed by atoms with E-state index in [9.17, 15) is 4.79 Å². The number of halogens is 1. The first-order valence-corrected chi connectivity index (χ1v) is 12.6. The number of carbonyl (C=O) groups excluding carboxylic acids is 1. The number of amides is 1. The molecule has 0 radical (unpaired) electrons. The number of aryl methyl sites for hydroxylation is 2. The molecule has 1 aromatic heterocycles. The molecular weight excluding hydrogens is 526 g/mol. The van der Waals surface area contributed by atoms with Gasteiger partial charge in [-0.3, -0.25) is 4.79 Å². The molecule has 2 aromatic carbocycles. The number of ether oxygens (including phenoxy) is 4. The molecule has 0 fully saturated rings. The van der Waals surface area contributed by atoms with E-state index >= 15 is 0 Å². The van der Waals surface area contributed by atoms with Crippen molar-refractivity contribution < 1.29 is 28.2 Å². The fourth-order valence-corrected chi connectivity index (χ4v) is 4.49. The lowest BCUT2D eigenvalue weighted by Crippen LogP contribution is -2.26. The molecule has 1 aliphatic heterocycles. The van der Waals surface area contributed by atoms with Crippen LogP contribution in [0.3, 0.4) is 0 Å². The second-order valence-corrected chi connectivity index (χ2v) is 9.66. The lowest BCUT2D eigenvalue weighted by molar-refractivity contribution is -0.00795. The first kappa shape index (κ1) is 27.6. The van der Waals surface area contributed by atoms with E-state index in [2.05, 4.69) is 22.0 Å². The van der Waals surface area contributed by atoms with Crippen LogP contribution in [-0.2, 0) is 16.9 Å². The summed E-state index contributed by atoms with van der Waals surface area (Å²) in [6, 6.07) is 9.32. The fraction of sp³-hybridized carbons (Fsp3) is 0.393. The van der Waals surface area contributed by atoms with Gasteiger partial charge in [-0.2, -0.15) is 0 Å². The average molecular weight is 560 g/mol. The number of anilines is 1. The van der Waals surface area contributed by atoms with Crippen molar-refractivity contribution in [2.45, 2.75) is 53.8 Å². The molecule has 3 aromatic rings.